The number of esters is 1. The maximum atomic E-state index is 12.4. The van der Waals surface area contributed by atoms with Crippen LogP contribution in [0, 0.1) is 5.92 Å². The predicted molar refractivity (Wildman–Crippen MR) is 82.7 cm³/mol. The molecule has 0 radical (unpaired) electrons. The van der Waals surface area contributed by atoms with Gasteiger partial charge in [0.15, 0.2) is 0 Å². The molecule has 0 saturated carbocycles. The van der Waals surface area contributed by atoms with E-state index in [-0.39, 0.29) is 29.9 Å². The second kappa shape index (κ2) is 7.96. The van der Waals surface area contributed by atoms with Gasteiger partial charge in [-0.25, -0.2) is 13.2 Å². The Morgan fingerprint density at radius 2 is 2.23 bits per heavy atom. The van der Waals surface area contributed by atoms with E-state index in [9.17, 15) is 13.2 Å². The molecule has 0 aromatic carbocycles. The third-order valence-electron chi connectivity index (χ3n) is 3.39. The molecule has 1 N–H and O–H groups in total. The van der Waals surface area contributed by atoms with Gasteiger partial charge in [-0.05, 0) is 45.0 Å². The first-order valence-corrected chi connectivity index (χ1v) is 8.34. The number of hydrogen-bond donors (Lipinski definition) is 1. The Morgan fingerprint density at radius 3 is 2.86 bits per heavy atom. The summed E-state index contributed by atoms with van der Waals surface area (Å²) in [4.78, 5) is 11.5. The molecule has 1 atom stereocenters. The third kappa shape index (κ3) is 4.01. The minimum atomic E-state index is -3.69. The Hall–Kier alpha value is -1.09. The highest BCUT2D eigenvalue weighted by Crippen LogP contribution is 2.25. The summed E-state index contributed by atoms with van der Waals surface area (Å²) in [5.41, 5.74) is 0. The lowest BCUT2D eigenvalue weighted by atomic mass is 10.1. The number of nitrogens with one attached hydrogen (secondary N) is 1. The summed E-state index contributed by atoms with van der Waals surface area (Å²) in [5, 5.41) is 2.84. The van der Waals surface area contributed by atoms with E-state index in [1.165, 1.54) is 16.4 Å². The summed E-state index contributed by atoms with van der Waals surface area (Å²) >= 11 is 0. The van der Waals surface area contributed by atoms with Crippen LogP contribution in [0.5, 0.6) is 0 Å². The lowest BCUT2D eigenvalue weighted by Crippen LogP contribution is -2.30. The first kappa shape index (κ1) is 19.0. The van der Waals surface area contributed by atoms with Crippen molar-refractivity contribution in [3.05, 3.63) is 17.9 Å². The Kier molecular flexibility index (Phi) is 6.86. The van der Waals surface area contributed by atoms with Gasteiger partial charge >= 0.3 is 5.97 Å². The monoisotopic (exact) mass is 352 g/mol. The second-order valence-electron chi connectivity index (χ2n) is 4.91. The molecule has 0 spiro atoms. The first-order chi connectivity index (χ1) is 9.98. The normalized spacial score (nSPS) is 18.9. The number of carbonyl (C=O) groups is 1. The first-order valence-electron chi connectivity index (χ1n) is 6.90. The van der Waals surface area contributed by atoms with Gasteiger partial charge in [-0.15, -0.1) is 12.4 Å². The van der Waals surface area contributed by atoms with Crippen LogP contribution in [-0.4, -0.2) is 52.0 Å². The van der Waals surface area contributed by atoms with Crippen LogP contribution >= 0.6 is 12.4 Å². The van der Waals surface area contributed by atoms with E-state index >= 15 is 0 Å². The average Bonchev–Trinajstić information content (AvgIpc) is 3.08. The molecule has 2 rings (SSSR count). The van der Waals surface area contributed by atoms with Crippen molar-refractivity contribution in [3.63, 3.8) is 0 Å². The fraction of sp³-hybridized carbons (Fsp3) is 0.615. The molecule has 2 heterocycles. The van der Waals surface area contributed by atoms with E-state index in [2.05, 4.69) is 5.32 Å². The molecule has 22 heavy (non-hydrogen) atoms. The molecule has 0 amide bonds. The van der Waals surface area contributed by atoms with Gasteiger partial charge in [-0.2, -0.15) is 4.31 Å². The van der Waals surface area contributed by atoms with Crippen molar-refractivity contribution < 1.29 is 22.4 Å². The fourth-order valence-corrected chi connectivity index (χ4v) is 3.81. The number of furan rings is 1. The van der Waals surface area contributed by atoms with Crippen LogP contribution in [0.15, 0.2) is 21.6 Å². The van der Waals surface area contributed by atoms with E-state index in [1.807, 2.05) is 7.05 Å². The summed E-state index contributed by atoms with van der Waals surface area (Å²) in [6.07, 6.45) is 0.811. The van der Waals surface area contributed by atoms with Crippen molar-refractivity contribution >= 4 is 28.4 Å². The van der Waals surface area contributed by atoms with Gasteiger partial charge < -0.3 is 14.5 Å². The van der Waals surface area contributed by atoms with Gasteiger partial charge in [-0.3, -0.25) is 0 Å². The Bertz CT molecular complexity index is 601. The van der Waals surface area contributed by atoms with Crippen LogP contribution in [0.2, 0.25) is 0 Å². The quantitative estimate of drug-likeness (QED) is 0.771. The van der Waals surface area contributed by atoms with Crippen molar-refractivity contribution in [3.8, 4) is 0 Å². The minimum Gasteiger partial charge on any atom is -0.460 e. The summed E-state index contributed by atoms with van der Waals surface area (Å²) in [5.74, 6) is -0.459. The van der Waals surface area contributed by atoms with E-state index in [4.69, 9.17) is 9.15 Å². The Balaban J connectivity index is 0.00000242. The summed E-state index contributed by atoms with van der Waals surface area (Å²) in [7, 11) is -1.84. The Morgan fingerprint density at radius 1 is 1.50 bits per heavy atom. The van der Waals surface area contributed by atoms with Crippen molar-refractivity contribution in [2.45, 2.75) is 18.4 Å². The molecule has 1 fully saturated rings. The molecule has 1 aromatic heterocycles. The summed E-state index contributed by atoms with van der Waals surface area (Å²) in [6.45, 7) is 3.57. The van der Waals surface area contributed by atoms with Crippen LogP contribution in [0.4, 0.5) is 0 Å². The van der Waals surface area contributed by atoms with Crippen LogP contribution in [-0.2, 0) is 14.8 Å². The van der Waals surface area contributed by atoms with Crippen LogP contribution in [0.25, 0.3) is 0 Å². The number of hydrogen-bond acceptors (Lipinski definition) is 6. The van der Waals surface area contributed by atoms with Crippen molar-refractivity contribution in [2.24, 2.45) is 5.92 Å². The fourth-order valence-electron chi connectivity index (χ4n) is 2.37. The minimum absolute atomic E-state index is 0. The number of carbonyl (C=O) groups excluding carboxylic acids is 1. The third-order valence-corrected chi connectivity index (χ3v) is 5.13. The van der Waals surface area contributed by atoms with Gasteiger partial charge in [0, 0.05) is 13.1 Å². The van der Waals surface area contributed by atoms with Crippen LogP contribution in [0.3, 0.4) is 0 Å². The lowest BCUT2D eigenvalue weighted by Gasteiger charge is -2.14. The molecule has 9 heteroatoms. The number of nitrogens with zero attached hydrogens (tertiary/aromatic N) is 1. The van der Waals surface area contributed by atoms with Crippen molar-refractivity contribution in [2.75, 3.05) is 33.3 Å². The van der Waals surface area contributed by atoms with Crippen LogP contribution in [0.1, 0.15) is 23.9 Å². The van der Waals surface area contributed by atoms with Gasteiger partial charge in [0.25, 0.3) is 10.0 Å². The average molecular weight is 353 g/mol. The standard InChI is InChI=1S/C13H20N2O5S.ClH/c1-3-19-13(16)11-4-5-12(20-11)21(17,18)15-7-6-10(9-15)8-14-2;/h4-5,10,14H,3,6-9H2,1-2H3;1H. The number of ether oxygens (including phenoxy) is 1. The topological polar surface area (TPSA) is 88.9 Å². The summed E-state index contributed by atoms with van der Waals surface area (Å²) < 4.78 is 36.2. The number of rotatable bonds is 6. The lowest BCUT2D eigenvalue weighted by molar-refractivity contribution is 0.0484. The highest BCUT2D eigenvalue weighted by molar-refractivity contribution is 7.89. The molecule has 126 valence electrons. The zero-order valence-electron chi connectivity index (χ0n) is 12.6. The molecule has 1 unspecified atom stereocenters. The van der Waals surface area contributed by atoms with Gasteiger partial charge in [0.2, 0.25) is 10.9 Å². The van der Waals surface area contributed by atoms with Crippen molar-refractivity contribution in [1.82, 2.24) is 9.62 Å². The molecule has 1 aliphatic heterocycles. The van der Waals surface area contributed by atoms with Gasteiger partial charge in [-0.1, -0.05) is 0 Å². The molecule has 1 aliphatic rings. The highest BCUT2D eigenvalue weighted by atomic mass is 35.5. The van der Waals surface area contributed by atoms with E-state index in [0.29, 0.717) is 19.0 Å². The second-order valence-corrected chi connectivity index (χ2v) is 6.78. The maximum Gasteiger partial charge on any atom is 0.374 e. The summed E-state index contributed by atoms with van der Waals surface area (Å²) in [6, 6.07) is 2.62. The Labute approximate surface area is 136 Å². The molecule has 0 bridgehead atoms. The smallest absolute Gasteiger partial charge is 0.374 e. The predicted octanol–water partition coefficient (Wildman–Crippen LogP) is 1.11. The number of halogens is 1. The largest absolute Gasteiger partial charge is 0.460 e. The van der Waals surface area contributed by atoms with E-state index < -0.39 is 16.0 Å². The van der Waals surface area contributed by atoms with E-state index in [1.54, 1.807) is 6.92 Å². The molecule has 0 aliphatic carbocycles. The molecule has 7 nitrogen and oxygen atoms in total. The van der Waals surface area contributed by atoms with Gasteiger partial charge in [0.05, 0.1) is 6.61 Å². The van der Waals surface area contributed by atoms with Gasteiger partial charge in [0.1, 0.15) is 0 Å². The molecule has 1 aromatic rings. The maximum absolute atomic E-state index is 12.4. The molecule has 1 saturated heterocycles. The molecular weight excluding hydrogens is 332 g/mol. The molecular formula is C13H21ClN2O5S. The zero-order chi connectivity index (χ0) is 15.5. The SMILES string of the molecule is CCOC(=O)c1ccc(S(=O)(=O)N2CCC(CNC)C2)o1.Cl. The van der Waals surface area contributed by atoms with Crippen molar-refractivity contribution in [1.29, 1.82) is 0 Å². The zero-order valence-corrected chi connectivity index (χ0v) is 14.2. The van der Waals surface area contributed by atoms with E-state index in [0.717, 1.165) is 13.0 Å². The highest BCUT2D eigenvalue weighted by Gasteiger charge is 2.34. The van der Waals surface area contributed by atoms with Crippen LogP contribution < -0.4 is 5.32 Å². The number of sulfonamides is 1.